The van der Waals surface area contributed by atoms with E-state index < -0.39 is 41.1 Å². The van der Waals surface area contributed by atoms with Crippen LogP contribution < -0.4 is 14.2 Å². The third-order valence-electron chi connectivity index (χ3n) is 9.30. The van der Waals surface area contributed by atoms with Crippen molar-refractivity contribution in [2.24, 2.45) is 0 Å². The Kier molecular flexibility index (Phi) is 12.8. The van der Waals surface area contributed by atoms with Crippen LogP contribution in [0.25, 0.3) is 11.1 Å². The van der Waals surface area contributed by atoms with E-state index >= 15 is 4.39 Å². The minimum atomic E-state index is -1.16. The molecule has 0 radical (unpaired) electrons. The summed E-state index contributed by atoms with van der Waals surface area (Å²) in [5, 5.41) is 9.90. The van der Waals surface area contributed by atoms with Gasteiger partial charge in [-0.1, -0.05) is 77.7 Å². The number of hydrogen-bond acceptors (Lipinski definition) is 8. The molecular weight excluding hydrogens is 682 g/mol. The molecule has 5 rings (SSSR count). The first-order valence-electron chi connectivity index (χ1n) is 17.8. The zero-order chi connectivity index (χ0) is 38.1. The van der Waals surface area contributed by atoms with Gasteiger partial charge >= 0.3 is 17.9 Å². The molecule has 278 valence electrons. The lowest BCUT2D eigenvalue weighted by molar-refractivity contribution is -0.141. The van der Waals surface area contributed by atoms with Gasteiger partial charge in [0.05, 0.1) is 11.1 Å². The molecule has 0 bridgehead atoms. The maximum Gasteiger partial charge on any atom is 0.346 e. The number of benzene rings is 4. The van der Waals surface area contributed by atoms with E-state index in [2.05, 4.69) is 13.5 Å². The molecule has 0 amide bonds. The molecule has 10 heteroatoms. The van der Waals surface area contributed by atoms with E-state index in [1.807, 2.05) is 26.0 Å². The highest BCUT2D eigenvalue weighted by atomic mass is 19.1. The summed E-state index contributed by atoms with van der Waals surface area (Å²) >= 11 is 0. The fourth-order valence-electron chi connectivity index (χ4n) is 6.36. The molecule has 4 aromatic carbocycles. The summed E-state index contributed by atoms with van der Waals surface area (Å²) in [7, 11) is 0. The summed E-state index contributed by atoms with van der Waals surface area (Å²) in [6.07, 6.45) is 7.43. The Bertz CT molecular complexity index is 1990. The van der Waals surface area contributed by atoms with E-state index in [1.165, 1.54) is 49.9 Å². The molecule has 0 saturated heterocycles. The van der Waals surface area contributed by atoms with E-state index in [-0.39, 0.29) is 41.6 Å². The van der Waals surface area contributed by atoms with E-state index in [0.29, 0.717) is 0 Å². The number of hydrogen-bond donors (Lipinski definition) is 1. The molecule has 1 unspecified atom stereocenters. The van der Waals surface area contributed by atoms with Gasteiger partial charge in [0.2, 0.25) is 0 Å². The molecule has 0 saturated carbocycles. The first kappa shape index (κ1) is 38.9. The smallest absolute Gasteiger partial charge is 0.346 e. The van der Waals surface area contributed by atoms with Crippen molar-refractivity contribution in [3.8, 4) is 28.4 Å². The number of aliphatic hydroxyl groups excluding tert-OH is 1. The van der Waals surface area contributed by atoms with Crippen molar-refractivity contribution in [1.82, 2.24) is 0 Å². The number of halogens is 2. The normalized spacial score (nSPS) is 13.0. The fourth-order valence-corrected chi connectivity index (χ4v) is 6.36. The number of aliphatic hydroxyl groups is 1. The van der Waals surface area contributed by atoms with Crippen LogP contribution in [0.2, 0.25) is 0 Å². The summed E-state index contributed by atoms with van der Waals surface area (Å²) in [5.74, 6) is -3.38. The van der Waals surface area contributed by atoms with Crippen LogP contribution in [0.1, 0.15) is 96.7 Å². The summed E-state index contributed by atoms with van der Waals surface area (Å²) in [4.78, 5) is 37.2. The van der Waals surface area contributed by atoms with Gasteiger partial charge < -0.3 is 24.1 Å². The molecule has 1 aliphatic carbocycles. The zero-order valence-electron chi connectivity index (χ0n) is 30.2. The van der Waals surface area contributed by atoms with Crippen molar-refractivity contribution in [3.05, 3.63) is 125 Å². The van der Waals surface area contributed by atoms with Gasteiger partial charge in [-0.3, -0.25) is 0 Å². The number of rotatable bonds is 17. The number of carbonyl (C=O) groups excluding carboxylic acids is 3. The quantitative estimate of drug-likeness (QED) is 0.0497. The Morgan fingerprint density at radius 2 is 1.28 bits per heavy atom. The molecule has 0 heterocycles. The van der Waals surface area contributed by atoms with Gasteiger partial charge in [0.15, 0.2) is 0 Å². The SMILES string of the molecule is C=CC(=O)OCC(O)COc1ccc(C(=O)Oc2ccc3c(c2)C(C)(C)c2cc(OC(=O)c4ccc(CCCCCCCC)cc4F)ccc2-3)c(F)c1. The maximum absolute atomic E-state index is 15.0. The fraction of sp³-hybridized carbons (Fsp3) is 0.326. The molecule has 8 nitrogen and oxygen atoms in total. The van der Waals surface area contributed by atoms with Crippen LogP contribution in [0.15, 0.2) is 85.5 Å². The van der Waals surface area contributed by atoms with Gasteiger partial charge in [0.25, 0.3) is 0 Å². The second-order valence-corrected chi connectivity index (χ2v) is 13.6. The molecule has 1 aliphatic rings. The second kappa shape index (κ2) is 17.4. The molecule has 53 heavy (non-hydrogen) atoms. The number of fused-ring (bicyclic) bond motifs is 3. The number of unbranched alkanes of at least 4 members (excludes halogenated alkanes) is 5. The molecule has 0 aromatic heterocycles. The Hall–Kier alpha value is -5.35. The standard InChI is InChI=1S/C43H44F2O8/c1-5-7-8-9-10-11-12-27-13-17-34(38(44)21-27)41(48)52-30-15-18-32-33-19-16-31(23-37(33)43(3,4)36(32)22-30)53-42(49)35-20-14-29(24-39(35)45)50-25-28(46)26-51-40(47)6-2/h6,13-24,28,46H,2,5,7-12,25-26H2,1,3-4H3. The van der Waals surface area contributed by atoms with Crippen LogP contribution >= 0.6 is 0 Å². The van der Waals surface area contributed by atoms with Crippen molar-refractivity contribution in [1.29, 1.82) is 0 Å². The number of ether oxygens (including phenoxy) is 4. The van der Waals surface area contributed by atoms with Crippen molar-refractivity contribution < 1.29 is 47.2 Å². The second-order valence-electron chi connectivity index (χ2n) is 13.6. The third kappa shape index (κ3) is 9.56. The van der Waals surface area contributed by atoms with Crippen LogP contribution in [-0.4, -0.2) is 42.3 Å². The van der Waals surface area contributed by atoms with Crippen LogP contribution in [0.4, 0.5) is 8.78 Å². The predicted octanol–water partition coefficient (Wildman–Crippen LogP) is 9.08. The van der Waals surface area contributed by atoms with Crippen molar-refractivity contribution in [3.63, 3.8) is 0 Å². The third-order valence-corrected chi connectivity index (χ3v) is 9.30. The van der Waals surface area contributed by atoms with Crippen LogP contribution in [0.3, 0.4) is 0 Å². The van der Waals surface area contributed by atoms with Gasteiger partial charge in [-0.2, -0.15) is 0 Å². The van der Waals surface area contributed by atoms with Crippen molar-refractivity contribution in [2.75, 3.05) is 13.2 Å². The van der Waals surface area contributed by atoms with Gasteiger partial charge in [-0.25, -0.2) is 23.2 Å². The summed E-state index contributed by atoms with van der Waals surface area (Å²) in [5.41, 5.74) is 3.30. The monoisotopic (exact) mass is 726 g/mol. The Morgan fingerprint density at radius 1 is 0.736 bits per heavy atom. The molecule has 4 aromatic rings. The van der Waals surface area contributed by atoms with Crippen LogP contribution in [-0.2, 0) is 21.4 Å². The topological polar surface area (TPSA) is 108 Å². The van der Waals surface area contributed by atoms with Gasteiger partial charge in [-0.15, -0.1) is 0 Å². The van der Waals surface area contributed by atoms with Crippen molar-refractivity contribution in [2.45, 2.75) is 77.2 Å². The molecule has 0 spiro atoms. The Balaban J connectivity index is 1.21. The summed E-state index contributed by atoms with van der Waals surface area (Å²) < 4.78 is 51.2. The average molecular weight is 727 g/mol. The molecule has 1 atom stereocenters. The predicted molar refractivity (Wildman–Crippen MR) is 196 cm³/mol. The van der Waals surface area contributed by atoms with Crippen LogP contribution in [0, 0.1) is 11.6 Å². The lowest BCUT2D eigenvalue weighted by Crippen LogP contribution is -2.24. The van der Waals surface area contributed by atoms with E-state index in [4.69, 9.17) is 18.9 Å². The highest BCUT2D eigenvalue weighted by Crippen LogP contribution is 2.50. The largest absolute Gasteiger partial charge is 0.491 e. The average Bonchev–Trinajstić information content (AvgIpc) is 3.35. The van der Waals surface area contributed by atoms with Gasteiger partial charge in [0.1, 0.15) is 48.2 Å². The van der Waals surface area contributed by atoms with Gasteiger partial charge in [0, 0.05) is 17.6 Å². The Labute approximate surface area is 308 Å². The lowest BCUT2D eigenvalue weighted by atomic mass is 9.82. The number of aryl methyl sites for hydroxylation is 1. The lowest BCUT2D eigenvalue weighted by Gasteiger charge is -2.22. The molecule has 0 aliphatic heterocycles. The zero-order valence-corrected chi connectivity index (χ0v) is 30.2. The first-order chi connectivity index (χ1) is 25.4. The van der Waals surface area contributed by atoms with Crippen molar-refractivity contribution >= 4 is 17.9 Å². The minimum Gasteiger partial charge on any atom is -0.491 e. The number of carbonyl (C=O) groups is 3. The number of esters is 3. The molecule has 0 fully saturated rings. The van der Waals surface area contributed by atoms with E-state index in [9.17, 15) is 23.9 Å². The first-order valence-corrected chi connectivity index (χ1v) is 17.8. The molecular formula is C43H44F2O8. The maximum atomic E-state index is 15.0. The summed E-state index contributed by atoms with van der Waals surface area (Å²) in [6.45, 7) is 8.80. The highest BCUT2D eigenvalue weighted by molar-refractivity contribution is 5.93. The van der Waals surface area contributed by atoms with E-state index in [1.54, 1.807) is 30.3 Å². The van der Waals surface area contributed by atoms with Crippen LogP contribution in [0.5, 0.6) is 17.2 Å². The minimum absolute atomic E-state index is 0.0529. The highest BCUT2D eigenvalue weighted by Gasteiger charge is 2.36. The molecule has 1 N–H and O–H groups in total. The Morgan fingerprint density at radius 3 is 1.85 bits per heavy atom. The van der Waals surface area contributed by atoms with E-state index in [0.717, 1.165) is 59.2 Å². The van der Waals surface area contributed by atoms with Gasteiger partial charge in [-0.05, 0) is 89.2 Å². The summed E-state index contributed by atoms with van der Waals surface area (Å²) in [6, 6.07) is 18.6.